The average Bonchev–Trinajstić information content (AvgIpc) is 3.18. The van der Waals surface area contributed by atoms with Crippen molar-refractivity contribution in [3.05, 3.63) is 41.5 Å². The van der Waals surface area contributed by atoms with E-state index in [9.17, 15) is 9.59 Å². The summed E-state index contributed by atoms with van der Waals surface area (Å²) in [6, 6.07) is 9.04. The number of ether oxygens (including phenoxy) is 4. The molecular formula is C22H27N2O6+. The van der Waals surface area contributed by atoms with E-state index in [0.29, 0.717) is 34.2 Å². The maximum atomic E-state index is 12.5. The second-order valence-corrected chi connectivity index (χ2v) is 7.18. The maximum Gasteiger partial charge on any atom is 0.279 e. The molecule has 160 valence electrons. The fraction of sp³-hybridized carbons (Fsp3) is 0.364. The van der Waals surface area contributed by atoms with E-state index in [1.807, 2.05) is 25.2 Å². The number of fused-ring (bicyclic) bond motifs is 1. The lowest BCUT2D eigenvalue weighted by molar-refractivity contribution is -0.870. The fourth-order valence-electron chi connectivity index (χ4n) is 3.29. The lowest BCUT2D eigenvalue weighted by atomic mass is 10.1. The highest BCUT2D eigenvalue weighted by molar-refractivity contribution is 6.04. The molecular weight excluding hydrogens is 388 g/mol. The molecule has 2 N–H and O–H groups in total. The van der Waals surface area contributed by atoms with Gasteiger partial charge in [0.05, 0.1) is 33.5 Å². The lowest BCUT2D eigenvalue weighted by Crippen LogP contribution is -3.10. The van der Waals surface area contributed by atoms with Crippen LogP contribution in [0.1, 0.15) is 22.8 Å². The number of hydrogen-bond acceptors (Lipinski definition) is 6. The van der Waals surface area contributed by atoms with Gasteiger partial charge in [-0.3, -0.25) is 9.59 Å². The Bertz CT molecular complexity index is 943. The van der Waals surface area contributed by atoms with Crippen LogP contribution in [0.3, 0.4) is 0 Å². The predicted octanol–water partition coefficient (Wildman–Crippen LogP) is 1.33. The average molecular weight is 415 g/mol. The van der Waals surface area contributed by atoms with E-state index in [1.165, 1.54) is 6.92 Å². The normalized spacial score (nSPS) is 12.9. The molecule has 1 atom stereocenters. The van der Waals surface area contributed by atoms with Gasteiger partial charge in [0.2, 0.25) is 6.79 Å². The molecule has 0 spiro atoms. The summed E-state index contributed by atoms with van der Waals surface area (Å²) in [6.45, 7) is 2.57. The van der Waals surface area contributed by atoms with Crippen LogP contribution >= 0.6 is 0 Å². The van der Waals surface area contributed by atoms with Gasteiger partial charge in [-0.05, 0) is 30.7 Å². The zero-order chi connectivity index (χ0) is 21.7. The van der Waals surface area contributed by atoms with Crippen LogP contribution in [-0.4, -0.2) is 52.8 Å². The van der Waals surface area contributed by atoms with Crippen molar-refractivity contribution in [2.45, 2.75) is 13.3 Å². The number of anilines is 1. The van der Waals surface area contributed by atoms with E-state index in [0.717, 1.165) is 23.4 Å². The number of likely N-dealkylation sites (N-methyl/N-ethyl adjacent to an activating group) is 1. The standard InChI is InChI=1S/C22H26N2O6/c1-14(25)16-10-20-21(30-13-29-20)11-17(16)23-22(26)12-24(2)8-7-15-5-6-18(27-3)19(9-15)28-4/h5-6,9-11H,7-8,12-13H2,1-4H3,(H,23,26)/p+1. The molecule has 2 aromatic carbocycles. The minimum Gasteiger partial charge on any atom is -0.493 e. The van der Waals surface area contributed by atoms with Gasteiger partial charge in [-0.2, -0.15) is 0 Å². The third kappa shape index (κ3) is 5.01. The van der Waals surface area contributed by atoms with Gasteiger partial charge in [-0.25, -0.2) is 0 Å². The number of rotatable bonds is 9. The van der Waals surface area contributed by atoms with Crippen molar-refractivity contribution in [3.8, 4) is 23.0 Å². The summed E-state index contributed by atoms with van der Waals surface area (Å²) in [5.41, 5.74) is 1.93. The van der Waals surface area contributed by atoms with Crippen molar-refractivity contribution in [2.24, 2.45) is 0 Å². The van der Waals surface area contributed by atoms with Crippen LogP contribution in [-0.2, 0) is 11.2 Å². The minimum atomic E-state index is -0.179. The maximum absolute atomic E-state index is 12.5. The van der Waals surface area contributed by atoms with Gasteiger partial charge in [0.15, 0.2) is 35.3 Å². The summed E-state index contributed by atoms with van der Waals surface area (Å²) in [7, 11) is 5.16. The zero-order valence-electron chi connectivity index (χ0n) is 17.7. The van der Waals surface area contributed by atoms with Gasteiger partial charge in [-0.15, -0.1) is 0 Å². The zero-order valence-corrected chi connectivity index (χ0v) is 17.7. The molecule has 8 nitrogen and oxygen atoms in total. The third-order valence-electron chi connectivity index (χ3n) is 4.92. The second-order valence-electron chi connectivity index (χ2n) is 7.18. The van der Waals surface area contributed by atoms with E-state index in [1.54, 1.807) is 26.4 Å². The largest absolute Gasteiger partial charge is 0.493 e. The van der Waals surface area contributed by atoms with E-state index in [-0.39, 0.29) is 25.0 Å². The van der Waals surface area contributed by atoms with Crippen LogP contribution in [0.4, 0.5) is 5.69 Å². The number of quaternary nitrogens is 1. The number of ketones is 1. The molecule has 1 aliphatic heterocycles. The van der Waals surface area contributed by atoms with E-state index >= 15 is 0 Å². The van der Waals surface area contributed by atoms with Gasteiger partial charge >= 0.3 is 0 Å². The molecule has 1 unspecified atom stereocenters. The molecule has 0 aliphatic carbocycles. The molecule has 0 aromatic heterocycles. The van der Waals surface area contributed by atoms with Gasteiger partial charge in [0.25, 0.3) is 5.91 Å². The van der Waals surface area contributed by atoms with Crippen LogP contribution in [0.15, 0.2) is 30.3 Å². The van der Waals surface area contributed by atoms with Crippen LogP contribution in [0, 0.1) is 0 Å². The van der Waals surface area contributed by atoms with Crippen molar-refractivity contribution >= 4 is 17.4 Å². The number of amides is 1. The molecule has 1 aliphatic rings. The molecule has 0 saturated carbocycles. The van der Waals surface area contributed by atoms with Gasteiger partial charge in [0.1, 0.15) is 0 Å². The van der Waals surface area contributed by atoms with Crippen LogP contribution in [0.2, 0.25) is 0 Å². The number of hydrogen-bond donors (Lipinski definition) is 2. The molecule has 1 amide bonds. The number of carbonyl (C=O) groups is 2. The van der Waals surface area contributed by atoms with Gasteiger partial charge in [-0.1, -0.05) is 6.07 Å². The topological polar surface area (TPSA) is 87.5 Å². The monoisotopic (exact) mass is 415 g/mol. The van der Waals surface area contributed by atoms with Crippen molar-refractivity contribution in [1.29, 1.82) is 0 Å². The van der Waals surface area contributed by atoms with E-state index in [2.05, 4.69) is 5.32 Å². The van der Waals surface area contributed by atoms with Crippen molar-refractivity contribution in [2.75, 3.05) is 46.5 Å². The quantitative estimate of drug-likeness (QED) is 0.601. The number of methoxy groups -OCH3 is 2. The first kappa shape index (κ1) is 21.4. The molecule has 0 radical (unpaired) electrons. The fourth-order valence-corrected chi connectivity index (χ4v) is 3.29. The summed E-state index contributed by atoms with van der Waals surface area (Å²) in [5.74, 6) is 2.07. The van der Waals surface area contributed by atoms with Crippen LogP contribution in [0.5, 0.6) is 23.0 Å². The Balaban J connectivity index is 1.58. The van der Waals surface area contributed by atoms with E-state index in [4.69, 9.17) is 18.9 Å². The van der Waals surface area contributed by atoms with Gasteiger partial charge < -0.3 is 29.2 Å². The highest BCUT2D eigenvalue weighted by atomic mass is 16.7. The Labute approximate surface area is 175 Å². The van der Waals surface area contributed by atoms with Crippen molar-refractivity contribution in [1.82, 2.24) is 0 Å². The van der Waals surface area contributed by atoms with Crippen molar-refractivity contribution < 1.29 is 33.4 Å². The Morgan fingerprint density at radius 2 is 1.77 bits per heavy atom. The van der Waals surface area contributed by atoms with Gasteiger partial charge in [0, 0.05) is 18.1 Å². The predicted molar refractivity (Wildman–Crippen MR) is 111 cm³/mol. The van der Waals surface area contributed by atoms with Crippen molar-refractivity contribution in [3.63, 3.8) is 0 Å². The first-order chi connectivity index (χ1) is 14.4. The van der Waals surface area contributed by atoms with Crippen LogP contribution < -0.4 is 29.2 Å². The number of benzene rings is 2. The number of nitrogens with one attached hydrogen (secondary N) is 2. The Morgan fingerprint density at radius 1 is 1.07 bits per heavy atom. The minimum absolute atomic E-state index is 0.104. The summed E-state index contributed by atoms with van der Waals surface area (Å²) in [5, 5.41) is 2.83. The number of Topliss-reactive ketones (excluding diaryl/α,β-unsaturated/α-hetero) is 1. The smallest absolute Gasteiger partial charge is 0.279 e. The molecule has 0 fully saturated rings. The SMILES string of the molecule is COc1ccc(CC[NH+](C)CC(=O)Nc2cc3c(cc2C(C)=O)OCO3)cc1OC. The van der Waals surface area contributed by atoms with E-state index < -0.39 is 0 Å². The highest BCUT2D eigenvalue weighted by Gasteiger charge is 2.21. The van der Waals surface area contributed by atoms with Crippen LogP contribution in [0.25, 0.3) is 0 Å². The highest BCUT2D eigenvalue weighted by Crippen LogP contribution is 2.37. The Hall–Kier alpha value is -3.26. The second kappa shape index (κ2) is 9.49. The number of carbonyl (C=O) groups excluding carboxylic acids is 2. The first-order valence-electron chi connectivity index (χ1n) is 9.68. The molecule has 2 aromatic rings. The lowest BCUT2D eigenvalue weighted by Gasteiger charge is -2.16. The summed E-state index contributed by atoms with van der Waals surface area (Å²) >= 11 is 0. The summed E-state index contributed by atoms with van der Waals surface area (Å²) < 4.78 is 21.3. The molecule has 1 heterocycles. The molecule has 0 bridgehead atoms. The Kier molecular flexibility index (Phi) is 6.79. The molecule has 3 rings (SSSR count). The molecule has 0 saturated heterocycles. The summed E-state index contributed by atoms with van der Waals surface area (Å²) in [6.07, 6.45) is 0.780. The molecule has 30 heavy (non-hydrogen) atoms. The summed E-state index contributed by atoms with van der Waals surface area (Å²) in [4.78, 5) is 25.5. The first-order valence-corrected chi connectivity index (χ1v) is 9.68. The third-order valence-corrected chi connectivity index (χ3v) is 4.92. The Morgan fingerprint density at radius 3 is 2.43 bits per heavy atom. The molecule has 8 heteroatoms.